The van der Waals surface area contributed by atoms with Gasteiger partial charge in [0.2, 0.25) is 5.95 Å². The molecule has 3 rings (SSSR count). The van der Waals surface area contributed by atoms with Crippen molar-refractivity contribution >= 4 is 28.6 Å². The fourth-order valence-electron chi connectivity index (χ4n) is 3.80. The molecule has 0 unspecified atom stereocenters. The molecule has 32 heavy (non-hydrogen) atoms. The molecule has 1 aromatic heterocycles. The summed E-state index contributed by atoms with van der Waals surface area (Å²) < 4.78 is 7.64. The van der Waals surface area contributed by atoms with Crippen molar-refractivity contribution in [3.05, 3.63) is 48.0 Å². The lowest BCUT2D eigenvalue weighted by atomic mass is 10.1. The molecule has 172 valence electrons. The van der Waals surface area contributed by atoms with Gasteiger partial charge >= 0.3 is 0 Å². The predicted molar refractivity (Wildman–Crippen MR) is 132 cm³/mol. The number of nitrogens with one attached hydrogen (secondary N) is 1. The van der Waals surface area contributed by atoms with Crippen molar-refractivity contribution < 1.29 is 9.53 Å². The largest absolute Gasteiger partial charge is 0.494 e. The molecule has 0 aliphatic rings. The number of nitrogens with zero attached hydrogens (tertiary/aromatic N) is 3. The number of fused-ring (bicyclic) bond motifs is 1. The van der Waals surface area contributed by atoms with E-state index in [4.69, 9.17) is 9.72 Å². The zero-order valence-corrected chi connectivity index (χ0v) is 19.9. The van der Waals surface area contributed by atoms with Gasteiger partial charge in [0.25, 0.3) is 5.91 Å². The van der Waals surface area contributed by atoms with Crippen LogP contribution in [0.2, 0.25) is 0 Å². The molecular weight excluding hydrogens is 400 g/mol. The zero-order valence-electron chi connectivity index (χ0n) is 19.9. The summed E-state index contributed by atoms with van der Waals surface area (Å²) in [5, 5.41) is 3.41. The number of anilines is 2. The number of hydrogen-bond acceptors (Lipinski definition) is 4. The van der Waals surface area contributed by atoms with E-state index in [2.05, 4.69) is 30.7 Å². The minimum atomic E-state index is 0.110. The third-order valence-corrected chi connectivity index (χ3v) is 5.58. The molecule has 0 fully saturated rings. The highest BCUT2D eigenvalue weighted by atomic mass is 16.5. The zero-order chi connectivity index (χ0) is 22.9. The average molecular weight is 437 g/mol. The second-order valence-corrected chi connectivity index (χ2v) is 7.96. The lowest BCUT2D eigenvalue weighted by Gasteiger charge is -2.22. The van der Waals surface area contributed by atoms with Crippen LogP contribution in [0.15, 0.2) is 42.5 Å². The topological polar surface area (TPSA) is 59.4 Å². The van der Waals surface area contributed by atoms with E-state index >= 15 is 0 Å². The number of unbranched alkanes of at least 4 members (excludes halogenated alkanes) is 2. The number of aryl methyl sites for hydroxylation is 1. The fraction of sp³-hybridized carbons (Fsp3) is 0.462. The number of hydrogen-bond donors (Lipinski definition) is 1. The third kappa shape index (κ3) is 5.61. The van der Waals surface area contributed by atoms with Crippen molar-refractivity contribution in [3.63, 3.8) is 0 Å². The molecule has 6 nitrogen and oxygen atoms in total. The molecule has 0 spiro atoms. The summed E-state index contributed by atoms with van der Waals surface area (Å²) in [6, 6.07) is 13.7. The minimum Gasteiger partial charge on any atom is -0.494 e. The van der Waals surface area contributed by atoms with E-state index < -0.39 is 0 Å². The van der Waals surface area contributed by atoms with Gasteiger partial charge in [0.1, 0.15) is 5.75 Å². The van der Waals surface area contributed by atoms with Gasteiger partial charge in [-0.3, -0.25) is 4.79 Å². The highest BCUT2D eigenvalue weighted by Crippen LogP contribution is 2.25. The maximum absolute atomic E-state index is 13.3. The summed E-state index contributed by atoms with van der Waals surface area (Å²) in [5.41, 5.74) is 3.52. The summed E-state index contributed by atoms with van der Waals surface area (Å²) in [7, 11) is 0. The highest BCUT2D eigenvalue weighted by molar-refractivity contribution is 5.98. The first-order chi connectivity index (χ1) is 15.6. The second kappa shape index (κ2) is 11.6. The van der Waals surface area contributed by atoms with Crippen LogP contribution in [0.25, 0.3) is 11.0 Å². The standard InChI is InChI=1S/C26H36N4O2/c1-5-9-17-29(18-10-6-2)25(31)20-11-16-23-24(19-20)30(7-3)26(28-23)27-21-12-14-22(15-13-21)32-8-4/h11-16,19H,5-10,17-18H2,1-4H3,(H,27,28). The molecule has 0 aliphatic heterocycles. The summed E-state index contributed by atoms with van der Waals surface area (Å²) in [6.45, 7) is 11.4. The van der Waals surface area contributed by atoms with Crippen LogP contribution >= 0.6 is 0 Å². The molecule has 0 saturated carbocycles. The van der Waals surface area contributed by atoms with E-state index in [1.165, 1.54) is 0 Å². The number of aromatic nitrogens is 2. The van der Waals surface area contributed by atoms with Crippen molar-refractivity contribution in [2.24, 2.45) is 0 Å². The van der Waals surface area contributed by atoms with Gasteiger partial charge in [0, 0.05) is 30.9 Å². The number of imidazole rings is 1. The number of amides is 1. The Hall–Kier alpha value is -3.02. The van der Waals surface area contributed by atoms with Gasteiger partial charge in [-0.05, 0) is 69.2 Å². The van der Waals surface area contributed by atoms with Gasteiger partial charge in [0.05, 0.1) is 17.6 Å². The van der Waals surface area contributed by atoms with Crippen LogP contribution in [0.4, 0.5) is 11.6 Å². The molecule has 0 saturated heterocycles. The van der Waals surface area contributed by atoms with Crippen molar-refractivity contribution in [2.75, 3.05) is 25.0 Å². The molecule has 0 radical (unpaired) electrons. The number of ether oxygens (including phenoxy) is 1. The number of benzene rings is 2. The maximum Gasteiger partial charge on any atom is 0.253 e. The first-order valence-corrected chi connectivity index (χ1v) is 11.9. The lowest BCUT2D eigenvalue weighted by molar-refractivity contribution is 0.0751. The van der Waals surface area contributed by atoms with Crippen molar-refractivity contribution in [1.82, 2.24) is 14.5 Å². The summed E-state index contributed by atoms with van der Waals surface area (Å²) in [4.78, 5) is 20.0. The molecule has 0 atom stereocenters. The van der Waals surface area contributed by atoms with Crippen LogP contribution in [-0.4, -0.2) is 40.1 Å². The smallest absolute Gasteiger partial charge is 0.253 e. The Morgan fingerprint density at radius 2 is 1.69 bits per heavy atom. The Morgan fingerprint density at radius 3 is 2.28 bits per heavy atom. The predicted octanol–water partition coefficient (Wildman–Crippen LogP) is 6.24. The summed E-state index contributed by atoms with van der Waals surface area (Å²) in [5.74, 6) is 1.73. The van der Waals surface area contributed by atoms with Gasteiger partial charge in [-0.2, -0.15) is 0 Å². The quantitative estimate of drug-likeness (QED) is 0.365. The van der Waals surface area contributed by atoms with Crippen LogP contribution < -0.4 is 10.1 Å². The van der Waals surface area contributed by atoms with Crippen LogP contribution in [0.5, 0.6) is 5.75 Å². The first kappa shape index (κ1) is 23.6. The van der Waals surface area contributed by atoms with Crippen LogP contribution in [0.3, 0.4) is 0 Å². The summed E-state index contributed by atoms with van der Waals surface area (Å²) in [6.07, 6.45) is 4.22. The van der Waals surface area contributed by atoms with E-state index in [0.717, 1.165) is 79.3 Å². The molecule has 1 heterocycles. The fourth-order valence-corrected chi connectivity index (χ4v) is 3.80. The van der Waals surface area contributed by atoms with E-state index in [0.29, 0.717) is 6.61 Å². The van der Waals surface area contributed by atoms with E-state index in [9.17, 15) is 4.79 Å². The monoisotopic (exact) mass is 436 g/mol. The molecule has 2 aromatic carbocycles. The van der Waals surface area contributed by atoms with Gasteiger partial charge < -0.3 is 19.5 Å². The first-order valence-electron chi connectivity index (χ1n) is 11.9. The molecule has 0 aliphatic carbocycles. The molecule has 1 N–H and O–H groups in total. The Balaban J connectivity index is 1.86. The number of rotatable bonds is 12. The third-order valence-electron chi connectivity index (χ3n) is 5.58. The number of carbonyl (C=O) groups excluding carboxylic acids is 1. The Morgan fingerprint density at radius 1 is 1.00 bits per heavy atom. The Labute approximate surface area is 191 Å². The molecular formula is C26H36N4O2. The van der Waals surface area contributed by atoms with Crippen LogP contribution in [0, 0.1) is 0 Å². The maximum atomic E-state index is 13.3. The Kier molecular flexibility index (Phi) is 8.54. The molecule has 3 aromatic rings. The van der Waals surface area contributed by atoms with Gasteiger partial charge in [-0.25, -0.2) is 4.98 Å². The van der Waals surface area contributed by atoms with Gasteiger partial charge in [-0.1, -0.05) is 26.7 Å². The Bertz CT molecular complexity index is 1000. The van der Waals surface area contributed by atoms with Crippen molar-refractivity contribution in [1.29, 1.82) is 0 Å². The second-order valence-electron chi connectivity index (χ2n) is 7.96. The minimum absolute atomic E-state index is 0.110. The van der Waals surface area contributed by atoms with Crippen molar-refractivity contribution in [2.45, 2.75) is 59.9 Å². The normalized spacial score (nSPS) is 11.0. The van der Waals surface area contributed by atoms with Crippen LogP contribution in [0.1, 0.15) is 63.7 Å². The molecule has 6 heteroatoms. The van der Waals surface area contributed by atoms with E-state index in [1.807, 2.05) is 54.3 Å². The highest BCUT2D eigenvalue weighted by Gasteiger charge is 2.18. The average Bonchev–Trinajstić information content (AvgIpc) is 3.16. The molecule has 1 amide bonds. The van der Waals surface area contributed by atoms with E-state index in [-0.39, 0.29) is 5.91 Å². The summed E-state index contributed by atoms with van der Waals surface area (Å²) >= 11 is 0. The lowest BCUT2D eigenvalue weighted by Crippen LogP contribution is -2.32. The van der Waals surface area contributed by atoms with Gasteiger partial charge in [-0.15, -0.1) is 0 Å². The molecule has 0 bridgehead atoms. The SMILES string of the molecule is CCCCN(CCCC)C(=O)c1ccc2nc(Nc3ccc(OCC)cc3)n(CC)c2c1. The van der Waals surface area contributed by atoms with Crippen molar-refractivity contribution in [3.8, 4) is 5.75 Å². The van der Waals surface area contributed by atoms with E-state index in [1.54, 1.807) is 0 Å². The van der Waals surface area contributed by atoms with Gasteiger partial charge in [0.15, 0.2) is 0 Å². The number of carbonyl (C=O) groups is 1. The van der Waals surface area contributed by atoms with Crippen LogP contribution in [-0.2, 0) is 6.54 Å².